The average molecular weight is 367 g/mol. The van der Waals surface area contributed by atoms with Crippen LogP contribution in [0, 0.1) is 0 Å². The number of ether oxygens (including phenoxy) is 1. The second-order valence-corrected chi connectivity index (χ2v) is 7.34. The minimum atomic E-state index is -0.264. The van der Waals surface area contributed by atoms with Crippen molar-refractivity contribution in [2.75, 3.05) is 11.9 Å². The Morgan fingerprint density at radius 2 is 2.04 bits per heavy atom. The topological polar surface area (TPSA) is 83.2 Å². The summed E-state index contributed by atoms with van der Waals surface area (Å²) in [5, 5.41) is 6.32. The number of hydrogen-bond acceptors (Lipinski definition) is 4. The first-order valence-electron chi connectivity index (χ1n) is 9.67. The molecule has 3 N–H and O–H groups in total. The quantitative estimate of drug-likeness (QED) is 0.757. The highest BCUT2D eigenvalue weighted by atomic mass is 16.5. The molecule has 2 heterocycles. The van der Waals surface area contributed by atoms with Crippen molar-refractivity contribution in [3.8, 4) is 5.75 Å². The minimum Gasteiger partial charge on any atom is -0.489 e. The van der Waals surface area contributed by atoms with Crippen molar-refractivity contribution in [3.63, 3.8) is 0 Å². The molecule has 6 heteroatoms. The fourth-order valence-corrected chi connectivity index (χ4v) is 3.94. The number of carbonyl (C=O) groups is 2. The van der Waals surface area contributed by atoms with Crippen molar-refractivity contribution >= 4 is 17.4 Å². The number of ketones is 1. The highest BCUT2D eigenvalue weighted by Crippen LogP contribution is 2.25. The number of H-pyrrole nitrogens is 1. The number of anilines is 1. The molecule has 1 fully saturated rings. The molecule has 1 aromatic heterocycles. The Morgan fingerprint density at radius 3 is 2.78 bits per heavy atom. The number of aromatic amines is 1. The van der Waals surface area contributed by atoms with Gasteiger partial charge in [0.15, 0.2) is 5.78 Å². The second-order valence-electron chi connectivity index (χ2n) is 7.34. The summed E-state index contributed by atoms with van der Waals surface area (Å²) in [6.45, 7) is 3.12. The normalized spacial score (nSPS) is 20.2. The van der Waals surface area contributed by atoms with Crippen LogP contribution in [0.25, 0.3) is 0 Å². The molecule has 1 aliphatic heterocycles. The molecule has 4 rings (SSSR count). The molecule has 0 bridgehead atoms. The fraction of sp³-hybridized carbons (Fsp3) is 0.429. The summed E-state index contributed by atoms with van der Waals surface area (Å²) in [6.07, 6.45) is 6.22. The van der Waals surface area contributed by atoms with E-state index in [-0.39, 0.29) is 17.8 Å². The lowest BCUT2D eigenvalue weighted by Crippen LogP contribution is -2.36. The lowest BCUT2D eigenvalue weighted by atomic mass is 9.93. The molecule has 6 nitrogen and oxygen atoms in total. The smallest absolute Gasteiger partial charge is 0.257 e. The fourth-order valence-electron chi connectivity index (χ4n) is 3.94. The van der Waals surface area contributed by atoms with Gasteiger partial charge < -0.3 is 20.4 Å². The molecule has 27 heavy (non-hydrogen) atoms. The van der Waals surface area contributed by atoms with E-state index in [9.17, 15) is 9.59 Å². The van der Waals surface area contributed by atoms with Crippen molar-refractivity contribution in [2.45, 2.75) is 51.2 Å². The van der Waals surface area contributed by atoms with Crippen LogP contribution in [0.5, 0.6) is 5.75 Å². The van der Waals surface area contributed by atoms with E-state index in [2.05, 4.69) is 22.5 Å². The van der Waals surface area contributed by atoms with Gasteiger partial charge in [0.05, 0.1) is 11.1 Å². The first kappa shape index (κ1) is 17.8. The third-order valence-electron chi connectivity index (χ3n) is 5.42. The molecule has 0 saturated carbocycles. The summed E-state index contributed by atoms with van der Waals surface area (Å²) in [7, 11) is 0. The number of nitrogens with one attached hydrogen (secondary N) is 3. The lowest BCUT2D eigenvalue weighted by molar-refractivity contribution is 0.0956. The predicted molar refractivity (Wildman–Crippen MR) is 104 cm³/mol. The Hall–Kier alpha value is -2.60. The third-order valence-corrected chi connectivity index (χ3v) is 5.42. The van der Waals surface area contributed by atoms with E-state index in [0.717, 1.165) is 37.3 Å². The Morgan fingerprint density at radius 1 is 1.22 bits per heavy atom. The van der Waals surface area contributed by atoms with Crippen LogP contribution in [-0.2, 0) is 6.42 Å². The van der Waals surface area contributed by atoms with Crippen LogP contribution in [0.3, 0.4) is 0 Å². The molecule has 142 valence electrons. The molecule has 1 amide bonds. The highest BCUT2D eigenvalue weighted by molar-refractivity contribution is 6.13. The van der Waals surface area contributed by atoms with Crippen molar-refractivity contribution < 1.29 is 14.3 Å². The molecule has 1 saturated heterocycles. The number of carbonyl (C=O) groups excluding carboxylic acids is 2. The van der Waals surface area contributed by atoms with Crippen LogP contribution in [0.1, 0.15) is 59.0 Å². The van der Waals surface area contributed by atoms with Crippen LogP contribution in [-0.4, -0.2) is 35.4 Å². The molecule has 2 unspecified atom stereocenters. The van der Waals surface area contributed by atoms with Crippen molar-refractivity contribution in [3.05, 3.63) is 47.3 Å². The Kier molecular flexibility index (Phi) is 4.99. The van der Waals surface area contributed by atoms with Gasteiger partial charge in [-0.25, -0.2) is 0 Å². The van der Waals surface area contributed by atoms with Gasteiger partial charge in [0.2, 0.25) is 0 Å². The van der Waals surface area contributed by atoms with Crippen molar-refractivity contribution in [2.24, 2.45) is 0 Å². The molecular weight excluding hydrogens is 342 g/mol. The Labute approximate surface area is 158 Å². The Balaban J connectivity index is 1.40. The average Bonchev–Trinajstić information content (AvgIpc) is 3.34. The van der Waals surface area contributed by atoms with E-state index in [1.807, 2.05) is 24.3 Å². The third kappa shape index (κ3) is 3.76. The van der Waals surface area contributed by atoms with Gasteiger partial charge in [0.1, 0.15) is 11.9 Å². The second kappa shape index (κ2) is 7.56. The van der Waals surface area contributed by atoms with Gasteiger partial charge in [0, 0.05) is 30.0 Å². The Bertz CT molecular complexity index is 835. The zero-order chi connectivity index (χ0) is 18.8. The largest absolute Gasteiger partial charge is 0.489 e. The number of aromatic nitrogens is 1. The number of benzene rings is 1. The number of rotatable bonds is 5. The highest BCUT2D eigenvalue weighted by Gasteiger charge is 2.26. The van der Waals surface area contributed by atoms with Crippen LogP contribution in [0.4, 0.5) is 5.69 Å². The van der Waals surface area contributed by atoms with Crippen LogP contribution < -0.4 is 15.4 Å². The number of aryl methyl sites for hydroxylation is 1. The minimum absolute atomic E-state index is 0.0425. The van der Waals surface area contributed by atoms with Gasteiger partial charge >= 0.3 is 0 Å². The lowest BCUT2D eigenvalue weighted by Gasteiger charge is -2.21. The summed E-state index contributed by atoms with van der Waals surface area (Å²) in [6, 6.07) is 7.76. The van der Waals surface area contributed by atoms with Gasteiger partial charge in [-0.15, -0.1) is 0 Å². The monoisotopic (exact) mass is 367 g/mol. The van der Waals surface area contributed by atoms with E-state index in [0.29, 0.717) is 29.3 Å². The summed E-state index contributed by atoms with van der Waals surface area (Å²) >= 11 is 0. The molecule has 2 aromatic rings. The van der Waals surface area contributed by atoms with E-state index < -0.39 is 0 Å². The molecule has 0 spiro atoms. The summed E-state index contributed by atoms with van der Waals surface area (Å²) < 4.78 is 5.99. The first-order chi connectivity index (χ1) is 13.1. The van der Waals surface area contributed by atoms with E-state index in [1.54, 1.807) is 6.20 Å². The summed E-state index contributed by atoms with van der Waals surface area (Å²) in [4.78, 5) is 27.8. The number of fused-ring (bicyclic) bond motifs is 1. The maximum Gasteiger partial charge on any atom is 0.257 e. The predicted octanol–water partition coefficient (Wildman–Crippen LogP) is 3.31. The first-order valence-corrected chi connectivity index (χ1v) is 9.67. The molecule has 2 atom stereocenters. The van der Waals surface area contributed by atoms with Crippen LogP contribution in [0.2, 0.25) is 0 Å². The van der Waals surface area contributed by atoms with Gasteiger partial charge in [-0.3, -0.25) is 9.59 Å². The molecule has 0 radical (unpaired) electrons. The maximum absolute atomic E-state index is 12.6. The number of Topliss-reactive ketones (excluding diaryl/α,β-unsaturated/α-hetero) is 1. The van der Waals surface area contributed by atoms with Crippen molar-refractivity contribution in [1.82, 2.24) is 10.3 Å². The summed E-state index contributed by atoms with van der Waals surface area (Å²) in [5.74, 6) is 0.559. The number of hydrogen-bond donors (Lipinski definition) is 3. The number of amides is 1. The van der Waals surface area contributed by atoms with Crippen LogP contribution in [0.15, 0.2) is 30.5 Å². The molecule has 1 aliphatic carbocycles. The zero-order valence-electron chi connectivity index (χ0n) is 15.5. The van der Waals surface area contributed by atoms with Gasteiger partial charge in [-0.2, -0.15) is 0 Å². The molecule has 1 aromatic carbocycles. The molecular formula is C21H25N3O3. The zero-order valence-corrected chi connectivity index (χ0v) is 15.5. The summed E-state index contributed by atoms with van der Waals surface area (Å²) in [5.41, 5.74) is 2.53. The van der Waals surface area contributed by atoms with Crippen molar-refractivity contribution in [1.29, 1.82) is 0 Å². The van der Waals surface area contributed by atoms with Crippen LogP contribution >= 0.6 is 0 Å². The molecule has 2 aliphatic rings. The van der Waals surface area contributed by atoms with E-state index in [1.165, 1.54) is 6.42 Å². The van der Waals surface area contributed by atoms with Gasteiger partial charge in [0.25, 0.3) is 5.91 Å². The van der Waals surface area contributed by atoms with E-state index in [4.69, 9.17) is 4.74 Å². The standard InChI is InChI=1S/C21H25N3O3/c1-13(17-5-3-11-22-17)27-15-9-7-14(8-10-15)24-21(26)16-12-23-18-4-2-6-19(25)20(16)18/h7-10,12-13,17,22-23H,2-6,11H2,1H3,(H,24,26). The van der Waals surface area contributed by atoms with Gasteiger partial charge in [-0.05, 0) is 63.4 Å². The maximum atomic E-state index is 12.6. The van der Waals surface area contributed by atoms with E-state index >= 15 is 0 Å². The SMILES string of the molecule is CC(Oc1ccc(NC(=O)c2c[nH]c3c2C(=O)CCC3)cc1)C1CCCN1. The van der Waals surface area contributed by atoms with Gasteiger partial charge in [-0.1, -0.05) is 0 Å².